The minimum Gasteiger partial charge on any atom is -0.469 e. The maximum absolute atomic E-state index is 11.0. The smallest absolute Gasteiger partial charge is 0.306 e. The van der Waals surface area contributed by atoms with Gasteiger partial charge in [-0.15, -0.1) is 0 Å². The molecule has 0 saturated carbocycles. The number of ether oxygens (including phenoxy) is 1. The average Bonchev–Trinajstić information content (AvgIpc) is 2.17. The van der Waals surface area contributed by atoms with Gasteiger partial charge in [-0.2, -0.15) is 0 Å². The highest BCUT2D eigenvalue weighted by Crippen LogP contribution is 2.18. The molecule has 76 valence electrons. The van der Waals surface area contributed by atoms with Gasteiger partial charge in [-0.1, -0.05) is 13.0 Å². The number of pyridine rings is 1. The lowest BCUT2D eigenvalue weighted by molar-refractivity contribution is -0.141. The fourth-order valence-corrected chi connectivity index (χ4v) is 1.49. The van der Waals surface area contributed by atoms with Crippen molar-refractivity contribution in [1.29, 1.82) is 0 Å². The maximum atomic E-state index is 11.0. The molecule has 1 aromatic heterocycles. The molecule has 0 saturated heterocycles. The van der Waals surface area contributed by atoms with Crippen LogP contribution in [-0.2, 0) is 9.53 Å². The van der Waals surface area contributed by atoms with Crippen LogP contribution in [0.4, 0.5) is 0 Å². The summed E-state index contributed by atoms with van der Waals surface area (Å²) in [6, 6.07) is 5.66. The summed E-state index contributed by atoms with van der Waals surface area (Å²) >= 11 is 3.29. The van der Waals surface area contributed by atoms with E-state index in [9.17, 15) is 4.79 Å². The van der Waals surface area contributed by atoms with Crippen molar-refractivity contribution in [2.75, 3.05) is 7.11 Å². The molecule has 1 unspecified atom stereocenters. The SMILES string of the molecule is COC(=O)CC(C)c1cccc(Br)n1. The van der Waals surface area contributed by atoms with Gasteiger partial charge in [-0.25, -0.2) is 4.98 Å². The van der Waals surface area contributed by atoms with Crippen LogP contribution >= 0.6 is 15.9 Å². The Morgan fingerprint density at radius 2 is 2.36 bits per heavy atom. The monoisotopic (exact) mass is 257 g/mol. The second-order valence-corrected chi connectivity index (χ2v) is 3.88. The molecule has 4 heteroatoms. The molecule has 1 atom stereocenters. The molecule has 0 radical (unpaired) electrons. The lowest BCUT2D eigenvalue weighted by Gasteiger charge is -2.09. The number of methoxy groups -OCH3 is 1. The fraction of sp³-hybridized carbons (Fsp3) is 0.400. The van der Waals surface area contributed by atoms with Gasteiger partial charge in [-0.05, 0) is 28.1 Å². The van der Waals surface area contributed by atoms with Gasteiger partial charge >= 0.3 is 5.97 Å². The highest BCUT2D eigenvalue weighted by atomic mass is 79.9. The van der Waals surface area contributed by atoms with Crippen molar-refractivity contribution in [3.63, 3.8) is 0 Å². The average molecular weight is 258 g/mol. The summed E-state index contributed by atoms with van der Waals surface area (Å²) in [6.45, 7) is 1.95. The molecule has 14 heavy (non-hydrogen) atoms. The van der Waals surface area contributed by atoms with Crippen LogP contribution in [0.3, 0.4) is 0 Å². The van der Waals surface area contributed by atoms with Gasteiger partial charge in [0.05, 0.1) is 13.5 Å². The molecular formula is C10H12BrNO2. The molecule has 1 rings (SSSR count). The molecule has 0 aliphatic heterocycles. The first-order valence-electron chi connectivity index (χ1n) is 4.32. The van der Waals surface area contributed by atoms with Crippen LogP contribution in [-0.4, -0.2) is 18.1 Å². The van der Waals surface area contributed by atoms with Crippen LogP contribution in [0.15, 0.2) is 22.8 Å². The summed E-state index contributed by atoms with van der Waals surface area (Å²) in [5.41, 5.74) is 0.893. The number of rotatable bonds is 3. The van der Waals surface area contributed by atoms with Crippen molar-refractivity contribution in [3.05, 3.63) is 28.5 Å². The Balaban J connectivity index is 2.69. The number of carbonyl (C=O) groups is 1. The first-order chi connectivity index (χ1) is 6.63. The molecule has 3 nitrogen and oxygen atoms in total. The summed E-state index contributed by atoms with van der Waals surface area (Å²) in [5.74, 6) is -0.126. The molecule has 0 spiro atoms. The van der Waals surface area contributed by atoms with E-state index in [1.54, 1.807) is 0 Å². The normalized spacial score (nSPS) is 12.2. The lowest BCUT2D eigenvalue weighted by Crippen LogP contribution is -2.07. The van der Waals surface area contributed by atoms with Crippen LogP contribution in [0, 0.1) is 0 Å². The molecule has 0 aromatic carbocycles. The van der Waals surface area contributed by atoms with E-state index in [4.69, 9.17) is 0 Å². The Hall–Kier alpha value is -0.900. The summed E-state index contributed by atoms with van der Waals surface area (Å²) in [5, 5.41) is 0. The molecule has 0 fully saturated rings. The van der Waals surface area contributed by atoms with E-state index in [0.29, 0.717) is 6.42 Å². The zero-order chi connectivity index (χ0) is 10.6. The number of hydrogen-bond acceptors (Lipinski definition) is 3. The molecule has 0 N–H and O–H groups in total. The summed E-state index contributed by atoms with van der Waals surface area (Å²) < 4.78 is 5.38. The van der Waals surface area contributed by atoms with E-state index in [1.807, 2.05) is 25.1 Å². The Labute approximate surface area is 91.6 Å². The van der Waals surface area contributed by atoms with Crippen molar-refractivity contribution < 1.29 is 9.53 Å². The van der Waals surface area contributed by atoms with E-state index in [-0.39, 0.29) is 11.9 Å². The highest BCUT2D eigenvalue weighted by Gasteiger charge is 2.12. The van der Waals surface area contributed by atoms with Crippen molar-refractivity contribution in [3.8, 4) is 0 Å². The third-order valence-electron chi connectivity index (χ3n) is 1.94. The van der Waals surface area contributed by atoms with Crippen LogP contribution in [0.25, 0.3) is 0 Å². The van der Waals surface area contributed by atoms with Gasteiger partial charge in [0.1, 0.15) is 4.60 Å². The minimum atomic E-state index is -0.209. The standard InChI is InChI=1S/C10H12BrNO2/c1-7(6-10(13)14-2)8-4-3-5-9(11)12-8/h3-5,7H,6H2,1-2H3. The lowest BCUT2D eigenvalue weighted by atomic mass is 10.0. The molecular weight excluding hydrogens is 246 g/mol. The maximum Gasteiger partial charge on any atom is 0.306 e. The molecule has 0 aliphatic rings. The zero-order valence-corrected chi connectivity index (χ0v) is 9.74. The molecule has 0 amide bonds. The van der Waals surface area contributed by atoms with Crippen molar-refractivity contribution in [2.45, 2.75) is 19.3 Å². The zero-order valence-electron chi connectivity index (χ0n) is 8.16. The van der Waals surface area contributed by atoms with Gasteiger partial charge in [-0.3, -0.25) is 4.79 Å². The van der Waals surface area contributed by atoms with E-state index >= 15 is 0 Å². The van der Waals surface area contributed by atoms with Gasteiger partial charge in [0.25, 0.3) is 0 Å². The second kappa shape index (κ2) is 5.10. The summed E-state index contributed by atoms with van der Waals surface area (Å²) in [6.07, 6.45) is 0.361. The first kappa shape index (κ1) is 11.2. The number of hydrogen-bond donors (Lipinski definition) is 0. The molecule has 0 bridgehead atoms. The van der Waals surface area contributed by atoms with Crippen LogP contribution < -0.4 is 0 Å². The van der Waals surface area contributed by atoms with Gasteiger partial charge in [0, 0.05) is 11.6 Å². The highest BCUT2D eigenvalue weighted by molar-refractivity contribution is 9.10. The van der Waals surface area contributed by atoms with E-state index in [2.05, 4.69) is 25.7 Å². The Morgan fingerprint density at radius 3 is 2.93 bits per heavy atom. The predicted molar refractivity (Wildman–Crippen MR) is 57.0 cm³/mol. The fourth-order valence-electron chi connectivity index (χ4n) is 1.14. The van der Waals surface area contributed by atoms with Crippen molar-refractivity contribution in [1.82, 2.24) is 4.98 Å². The number of halogens is 1. The summed E-state index contributed by atoms with van der Waals surface area (Å²) in [4.78, 5) is 15.3. The Bertz CT molecular complexity index is 328. The number of nitrogens with zero attached hydrogens (tertiary/aromatic N) is 1. The summed E-state index contributed by atoms with van der Waals surface area (Å²) in [7, 11) is 1.39. The number of carbonyl (C=O) groups excluding carboxylic acids is 1. The van der Waals surface area contributed by atoms with Gasteiger partial charge in [0.2, 0.25) is 0 Å². The number of aromatic nitrogens is 1. The third kappa shape index (κ3) is 3.10. The largest absolute Gasteiger partial charge is 0.469 e. The predicted octanol–water partition coefficient (Wildman–Crippen LogP) is 2.51. The van der Waals surface area contributed by atoms with E-state index in [0.717, 1.165) is 10.3 Å². The number of esters is 1. The Morgan fingerprint density at radius 1 is 1.64 bits per heavy atom. The Kier molecular flexibility index (Phi) is 4.07. The van der Waals surface area contributed by atoms with Crippen molar-refractivity contribution in [2.24, 2.45) is 0 Å². The first-order valence-corrected chi connectivity index (χ1v) is 5.12. The van der Waals surface area contributed by atoms with Crippen LogP contribution in [0.2, 0.25) is 0 Å². The van der Waals surface area contributed by atoms with Crippen molar-refractivity contribution >= 4 is 21.9 Å². The molecule has 1 aromatic rings. The van der Waals surface area contributed by atoms with Crippen LogP contribution in [0.1, 0.15) is 25.0 Å². The van der Waals surface area contributed by atoms with Gasteiger partial charge in [0.15, 0.2) is 0 Å². The van der Waals surface area contributed by atoms with E-state index < -0.39 is 0 Å². The minimum absolute atomic E-state index is 0.0833. The van der Waals surface area contributed by atoms with Gasteiger partial charge < -0.3 is 4.74 Å². The third-order valence-corrected chi connectivity index (χ3v) is 2.38. The molecule has 1 heterocycles. The van der Waals surface area contributed by atoms with E-state index in [1.165, 1.54) is 7.11 Å². The molecule has 0 aliphatic carbocycles. The second-order valence-electron chi connectivity index (χ2n) is 3.07. The van der Waals surface area contributed by atoms with Crippen LogP contribution in [0.5, 0.6) is 0 Å². The quantitative estimate of drug-likeness (QED) is 0.617. The topological polar surface area (TPSA) is 39.2 Å².